The molecule has 0 fully saturated rings. The summed E-state index contributed by atoms with van der Waals surface area (Å²) >= 11 is 0. The van der Waals surface area contributed by atoms with E-state index in [0.29, 0.717) is 0 Å². The first-order valence-electron chi connectivity index (χ1n) is 24.5. The molecule has 0 saturated heterocycles. The van der Waals surface area contributed by atoms with E-state index in [1.54, 1.807) is 0 Å². The van der Waals surface area contributed by atoms with Crippen LogP contribution in [0.2, 0.25) is 0 Å². The molecule has 0 bridgehead atoms. The van der Waals surface area contributed by atoms with Crippen molar-refractivity contribution in [3.8, 4) is 39.1 Å². The largest absolute Gasteiger partial charge is 0.310 e. The van der Waals surface area contributed by atoms with Gasteiger partial charge in [0.25, 0.3) is 0 Å². The summed E-state index contributed by atoms with van der Waals surface area (Å²) in [6.07, 6.45) is 0. The Morgan fingerprint density at radius 1 is 0.343 bits per heavy atom. The van der Waals surface area contributed by atoms with E-state index in [-0.39, 0.29) is 5.41 Å². The van der Waals surface area contributed by atoms with Crippen molar-refractivity contribution in [3.63, 3.8) is 0 Å². The second kappa shape index (κ2) is 15.4. The highest BCUT2D eigenvalue weighted by molar-refractivity contribution is 6.18. The Kier molecular flexibility index (Phi) is 8.88. The van der Waals surface area contributed by atoms with E-state index in [1.165, 1.54) is 105 Å². The van der Waals surface area contributed by atoms with Crippen molar-refractivity contribution in [1.82, 2.24) is 4.57 Å². The average Bonchev–Trinajstić information content (AvgIpc) is 4.00. The zero-order valence-corrected chi connectivity index (χ0v) is 39.1. The van der Waals surface area contributed by atoms with Gasteiger partial charge in [-0.05, 0) is 127 Å². The van der Waals surface area contributed by atoms with Crippen molar-refractivity contribution in [2.45, 2.75) is 24.7 Å². The van der Waals surface area contributed by atoms with Gasteiger partial charge in [0.1, 0.15) is 0 Å². The van der Waals surface area contributed by atoms with E-state index in [4.69, 9.17) is 0 Å². The normalized spacial score (nSPS) is 13.8. The summed E-state index contributed by atoms with van der Waals surface area (Å²) in [5.74, 6) is 0. The van der Waals surface area contributed by atoms with E-state index >= 15 is 0 Å². The van der Waals surface area contributed by atoms with Crippen LogP contribution in [0.4, 0.5) is 17.1 Å². The molecule has 0 radical (unpaired) electrons. The van der Waals surface area contributed by atoms with Crippen LogP contribution in [-0.4, -0.2) is 4.57 Å². The summed E-state index contributed by atoms with van der Waals surface area (Å²) in [6, 6.07) is 94.8. The molecule has 2 aliphatic carbocycles. The maximum Gasteiger partial charge on any atom is 0.0714 e. The molecule has 14 rings (SSSR count). The van der Waals surface area contributed by atoms with Gasteiger partial charge in [-0.3, -0.25) is 0 Å². The van der Waals surface area contributed by atoms with Gasteiger partial charge in [0.2, 0.25) is 0 Å². The molecular formula is C68H48N2. The number of fused-ring (bicyclic) bond motifs is 11. The van der Waals surface area contributed by atoms with Gasteiger partial charge in [-0.2, -0.15) is 0 Å². The molecule has 0 unspecified atom stereocenters. The predicted molar refractivity (Wildman–Crippen MR) is 293 cm³/mol. The monoisotopic (exact) mass is 892 g/mol. The van der Waals surface area contributed by atoms with Gasteiger partial charge in [0.15, 0.2) is 0 Å². The maximum absolute atomic E-state index is 2.50. The van der Waals surface area contributed by atoms with E-state index in [9.17, 15) is 0 Å². The first-order valence-corrected chi connectivity index (χ1v) is 24.5. The van der Waals surface area contributed by atoms with Crippen LogP contribution in [0.25, 0.3) is 71.6 Å². The highest BCUT2D eigenvalue weighted by Crippen LogP contribution is 2.58. The standard InChI is InChI=1S/C68H48N2/c1-67(2)62-42-51(35-39-56(62)57-40-37-53(43-63(57)67)70-65-29-17-15-27-59(65)60-38-32-47-20-12-13-25-54(47)66(60)70)69(50-33-30-46(31-34-50)45-18-6-3-7-19-45)52-36-41-58-55-26-14-16-28-61(55)68(64(58)44-52,48-21-8-4-9-22-48)49-23-10-5-11-24-49/h3-44H,1-2H3. The van der Waals surface area contributed by atoms with Crippen LogP contribution in [0, 0.1) is 0 Å². The first-order chi connectivity index (χ1) is 34.5. The Labute approximate surface area is 409 Å². The van der Waals surface area contributed by atoms with Gasteiger partial charge in [-0.15, -0.1) is 0 Å². The zero-order valence-electron chi connectivity index (χ0n) is 39.1. The van der Waals surface area contributed by atoms with Crippen molar-refractivity contribution in [2.75, 3.05) is 4.90 Å². The third-order valence-electron chi connectivity index (χ3n) is 15.7. The Hall–Kier alpha value is -8.72. The molecule has 70 heavy (non-hydrogen) atoms. The van der Waals surface area contributed by atoms with Gasteiger partial charge >= 0.3 is 0 Å². The van der Waals surface area contributed by atoms with Crippen molar-refractivity contribution in [2.24, 2.45) is 0 Å². The van der Waals surface area contributed by atoms with E-state index in [0.717, 1.165) is 17.1 Å². The first kappa shape index (κ1) is 40.4. The van der Waals surface area contributed by atoms with Crippen molar-refractivity contribution in [1.29, 1.82) is 0 Å². The molecule has 2 aliphatic rings. The van der Waals surface area contributed by atoms with Gasteiger partial charge in [0, 0.05) is 44.3 Å². The summed E-state index contributed by atoms with van der Waals surface area (Å²) in [5, 5.41) is 5.06. The lowest BCUT2D eigenvalue weighted by Gasteiger charge is -2.35. The van der Waals surface area contributed by atoms with Crippen LogP contribution in [0.15, 0.2) is 255 Å². The number of para-hydroxylation sites is 1. The zero-order chi connectivity index (χ0) is 46.6. The highest BCUT2D eigenvalue weighted by atomic mass is 15.1. The van der Waals surface area contributed by atoms with Crippen LogP contribution in [-0.2, 0) is 10.8 Å². The number of nitrogens with zero attached hydrogens (tertiary/aromatic N) is 2. The Bertz CT molecular complexity index is 3970. The highest BCUT2D eigenvalue weighted by Gasteiger charge is 2.46. The third-order valence-corrected chi connectivity index (χ3v) is 15.7. The smallest absolute Gasteiger partial charge is 0.0714 e. The summed E-state index contributed by atoms with van der Waals surface area (Å²) in [4.78, 5) is 2.48. The van der Waals surface area contributed by atoms with E-state index in [1.807, 2.05) is 0 Å². The molecule has 330 valence electrons. The molecule has 0 spiro atoms. The second-order valence-electron chi connectivity index (χ2n) is 19.6. The van der Waals surface area contributed by atoms with Crippen LogP contribution in [0.5, 0.6) is 0 Å². The lowest BCUT2D eigenvalue weighted by Crippen LogP contribution is -2.28. The maximum atomic E-state index is 2.50. The topological polar surface area (TPSA) is 8.17 Å². The predicted octanol–water partition coefficient (Wildman–Crippen LogP) is 17.7. The Morgan fingerprint density at radius 2 is 0.857 bits per heavy atom. The molecule has 0 atom stereocenters. The third kappa shape index (κ3) is 5.80. The average molecular weight is 893 g/mol. The van der Waals surface area contributed by atoms with Crippen LogP contribution < -0.4 is 4.90 Å². The Balaban J connectivity index is 0.950. The fraction of sp³-hybridized carbons (Fsp3) is 0.0588. The minimum Gasteiger partial charge on any atom is -0.310 e. The van der Waals surface area contributed by atoms with Gasteiger partial charge < -0.3 is 9.47 Å². The molecule has 0 N–H and O–H groups in total. The minimum absolute atomic E-state index is 0.282. The molecule has 2 nitrogen and oxygen atoms in total. The van der Waals surface area contributed by atoms with Crippen LogP contribution in [0.1, 0.15) is 47.2 Å². The fourth-order valence-corrected chi connectivity index (χ4v) is 12.4. The molecule has 11 aromatic carbocycles. The molecule has 0 aliphatic heterocycles. The number of hydrogen-bond donors (Lipinski definition) is 0. The van der Waals surface area contributed by atoms with Crippen molar-refractivity contribution < 1.29 is 0 Å². The summed E-state index contributed by atoms with van der Waals surface area (Å²) in [7, 11) is 0. The number of hydrogen-bond acceptors (Lipinski definition) is 1. The minimum atomic E-state index is -0.519. The second-order valence-corrected chi connectivity index (χ2v) is 19.6. The summed E-state index contributed by atoms with van der Waals surface area (Å²) in [6.45, 7) is 4.82. The number of rotatable bonds is 7. The Morgan fingerprint density at radius 3 is 1.57 bits per heavy atom. The quantitative estimate of drug-likeness (QED) is 0.155. The molecule has 1 heterocycles. The number of benzene rings is 11. The van der Waals surface area contributed by atoms with Gasteiger partial charge in [-0.25, -0.2) is 0 Å². The van der Waals surface area contributed by atoms with E-state index in [2.05, 4.69) is 278 Å². The van der Waals surface area contributed by atoms with Gasteiger partial charge in [0.05, 0.1) is 16.4 Å². The fourth-order valence-electron chi connectivity index (χ4n) is 12.4. The summed E-state index contributed by atoms with van der Waals surface area (Å²) < 4.78 is 2.50. The molecular weight excluding hydrogens is 845 g/mol. The molecule has 0 amide bonds. The molecule has 1 aromatic heterocycles. The summed E-state index contributed by atoms with van der Waals surface area (Å²) in [5.41, 5.74) is 21.5. The van der Waals surface area contributed by atoms with E-state index < -0.39 is 5.41 Å². The van der Waals surface area contributed by atoms with Crippen LogP contribution in [0.3, 0.4) is 0 Å². The number of anilines is 3. The SMILES string of the molecule is CC1(C)c2cc(N(c3ccc(-c4ccccc4)cc3)c3ccc4c(c3)C(c3ccccc3)(c3ccccc3)c3ccccc3-4)ccc2-c2ccc(-n3c4ccccc4c4ccc5ccccc5c43)cc21. The molecule has 12 aromatic rings. The lowest BCUT2D eigenvalue weighted by atomic mass is 9.67. The van der Waals surface area contributed by atoms with Crippen LogP contribution >= 0.6 is 0 Å². The van der Waals surface area contributed by atoms with Gasteiger partial charge in [-0.1, -0.05) is 214 Å². The number of aromatic nitrogens is 1. The van der Waals surface area contributed by atoms with Crippen molar-refractivity contribution >= 4 is 49.6 Å². The molecule has 2 heteroatoms. The lowest BCUT2D eigenvalue weighted by molar-refractivity contribution is 0.660. The molecule has 0 saturated carbocycles. The van der Waals surface area contributed by atoms with Crippen molar-refractivity contribution in [3.05, 3.63) is 288 Å².